The third-order valence-corrected chi connectivity index (χ3v) is 5.79. The van der Waals surface area contributed by atoms with E-state index in [0.29, 0.717) is 5.39 Å². The van der Waals surface area contributed by atoms with Crippen molar-refractivity contribution in [2.24, 2.45) is 10.8 Å². The van der Waals surface area contributed by atoms with Gasteiger partial charge in [-0.15, -0.1) is 0 Å². The molecule has 0 aromatic heterocycles. The van der Waals surface area contributed by atoms with Gasteiger partial charge in [-0.1, -0.05) is 81.4 Å². The molecule has 0 fully saturated rings. The Hall–Kier alpha value is -2.03. The molecule has 0 saturated carbocycles. The molecule has 2 N–H and O–H groups in total. The maximum Gasteiger partial charge on any atom is 0.339 e. The van der Waals surface area contributed by atoms with Gasteiger partial charge in [-0.3, -0.25) is 0 Å². The molecule has 0 aliphatic carbocycles. The standard InChI is InChI=1S/C27H40O3/c1-24(2,3)15-26(7,8)17-11-12-18-19(13-17)22(28)20(23(29)30)14-21(18)27(9,10)16-25(4,5)6/h11-14,28H,15-16H2,1-10H3,(H,29,30). The highest BCUT2D eigenvalue weighted by molar-refractivity contribution is 6.02. The van der Waals surface area contributed by atoms with Gasteiger partial charge in [-0.25, -0.2) is 4.79 Å². The van der Waals surface area contributed by atoms with Crippen LogP contribution in [0.15, 0.2) is 24.3 Å². The van der Waals surface area contributed by atoms with Crippen LogP contribution >= 0.6 is 0 Å². The van der Waals surface area contributed by atoms with E-state index in [2.05, 4.69) is 81.4 Å². The van der Waals surface area contributed by atoms with Gasteiger partial charge < -0.3 is 10.2 Å². The Bertz CT molecular complexity index is 951. The van der Waals surface area contributed by atoms with Gasteiger partial charge in [0.2, 0.25) is 0 Å². The first-order chi connectivity index (χ1) is 13.3. The number of hydrogen-bond acceptors (Lipinski definition) is 2. The van der Waals surface area contributed by atoms with E-state index < -0.39 is 5.97 Å². The van der Waals surface area contributed by atoms with E-state index in [1.165, 1.54) is 0 Å². The number of carboxylic acids is 1. The summed E-state index contributed by atoms with van der Waals surface area (Å²) >= 11 is 0. The summed E-state index contributed by atoms with van der Waals surface area (Å²) < 4.78 is 0. The molecule has 0 bridgehead atoms. The number of carbonyl (C=O) groups is 1. The minimum Gasteiger partial charge on any atom is -0.506 e. The Morgan fingerprint density at radius 3 is 1.73 bits per heavy atom. The average molecular weight is 413 g/mol. The average Bonchev–Trinajstić information content (AvgIpc) is 2.49. The molecule has 0 saturated heterocycles. The zero-order valence-electron chi connectivity index (χ0n) is 20.5. The molecule has 30 heavy (non-hydrogen) atoms. The summed E-state index contributed by atoms with van der Waals surface area (Å²) in [6, 6.07) is 7.88. The number of benzene rings is 2. The van der Waals surface area contributed by atoms with Crippen LogP contribution < -0.4 is 0 Å². The zero-order chi connectivity index (χ0) is 23.3. The first kappa shape index (κ1) is 24.2. The minimum atomic E-state index is -1.10. The molecule has 0 radical (unpaired) electrons. The fourth-order valence-electron chi connectivity index (χ4n) is 5.40. The highest BCUT2D eigenvalue weighted by Crippen LogP contribution is 2.44. The fourth-order valence-corrected chi connectivity index (χ4v) is 5.40. The summed E-state index contributed by atoms with van der Waals surface area (Å²) in [5.74, 6) is -1.23. The van der Waals surface area contributed by atoms with Crippen LogP contribution in [-0.4, -0.2) is 16.2 Å². The summed E-state index contributed by atoms with van der Waals surface area (Å²) in [6.45, 7) is 22.0. The van der Waals surface area contributed by atoms with Gasteiger partial charge >= 0.3 is 5.97 Å². The van der Waals surface area contributed by atoms with Crippen molar-refractivity contribution in [3.05, 3.63) is 41.0 Å². The van der Waals surface area contributed by atoms with E-state index >= 15 is 0 Å². The van der Waals surface area contributed by atoms with Crippen LogP contribution in [0.2, 0.25) is 0 Å². The number of phenols is 1. The molecule has 2 aromatic rings. The van der Waals surface area contributed by atoms with E-state index in [4.69, 9.17) is 0 Å². The van der Waals surface area contributed by atoms with E-state index in [9.17, 15) is 15.0 Å². The molecule has 0 atom stereocenters. The van der Waals surface area contributed by atoms with Crippen molar-refractivity contribution < 1.29 is 15.0 Å². The largest absolute Gasteiger partial charge is 0.506 e. The molecule has 0 spiro atoms. The highest BCUT2D eigenvalue weighted by Gasteiger charge is 2.32. The van der Waals surface area contributed by atoms with Crippen molar-refractivity contribution in [3.8, 4) is 5.75 Å². The summed E-state index contributed by atoms with van der Waals surface area (Å²) in [7, 11) is 0. The number of fused-ring (bicyclic) bond motifs is 1. The molecule has 2 aromatic carbocycles. The summed E-state index contributed by atoms with van der Waals surface area (Å²) in [5.41, 5.74) is 1.97. The van der Waals surface area contributed by atoms with Crippen LogP contribution in [0.5, 0.6) is 5.75 Å². The lowest BCUT2D eigenvalue weighted by Gasteiger charge is -2.35. The Balaban J connectivity index is 2.80. The van der Waals surface area contributed by atoms with Crippen molar-refractivity contribution in [1.29, 1.82) is 0 Å². The second-order valence-corrected chi connectivity index (χ2v) is 12.6. The molecule has 2 rings (SSSR count). The van der Waals surface area contributed by atoms with Crippen molar-refractivity contribution in [3.63, 3.8) is 0 Å². The molecule has 3 nitrogen and oxygen atoms in total. The number of hydrogen-bond donors (Lipinski definition) is 2. The Morgan fingerprint density at radius 2 is 1.27 bits per heavy atom. The van der Waals surface area contributed by atoms with Crippen molar-refractivity contribution in [2.45, 2.75) is 92.9 Å². The predicted octanol–water partition coefficient (Wildman–Crippen LogP) is 7.67. The molecule has 0 heterocycles. The number of aromatic hydroxyl groups is 1. The first-order valence-electron chi connectivity index (χ1n) is 10.9. The van der Waals surface area contributed by atoms with Crippen molar-refractivity contribution >= 4 is 16.7 Å². The Labute approximate surface area is 182 Å². The van der Waals surface area contributed by atoms with Gasteiger partial charge in [0.1, 0.15) is 11.3 Å². The summed E-state index contributed by atoms with van der Waals surface area (Å²) in [4.78, 5) is 11.9. The molecular formula is C27H40O3. The normalized spacial score (nSPS) is 13.7. The van der Waals surface area contributed by atoms with Crippen LogP contribution in [-0.2, 0) is 10.8 Å². The summed E-state index contributed by atoms with van der Waals surface area (Å²) in [6.07, 6.45) is 1.88. The lowest BCUT2D eigenvalue weighted by Crippen LogP contribution is -2.26. The Kier molecular flexibility index (Phi) is 6.13. The van der Waals surface area contributed by atoms with Crippen molar-refractivity contribution in [1.82, 2.24) is 0 Å². The SMILES string of the molecule is CC(C)(C)CC(C)(C)c1ccc2c(C(C)(C)CC(C)(C)C)cc(C(=O)O)c(O)c2c1. The fraction of sp³-hybridized carbons (Fsp3) is 0.593. The predicted molar refractivity (Wildman–Crippen MR) is 127 cm³/mol. The second-order valence-electron chi connectivity index (χ2n) is 12.6. The third kappa shape index (κ3) is 5.36. The van der Waals surface area contributed by atoms with E-state index in [1.54, 1.807) is 6.07 Å². The van der Waals surface area contributed by atoms with Gasteiger partial charge in [0.15, 0.2) is 0 Å². The first-order valence-corrected chi connectivity index (χ1v) is 10.9. The van der Waals surface area contributed by atoms with Gasteiger partial charge in [-0.2, -0.15) is 0 Å². The van der Waals surface area contributed by atoms with Crippen molar-refractivity contribution in [2.75, 3.05) is 0 Å². The zero-order valence-corrected chi connectivity index (χ0v) is 20.5. The smallest absolute Gasteiger partial charge is 0.339 e. The molecule has 3 heteroatoms. The van der Waals surface area contributed by atoms with Gasteiger partial charge in [0.25, 0.3) is 0 Å². The molecule has 0 aliphatic rings. The number of carboxylic acid groups (broad SMARTS) is 1. The topological polar surface area (TPSA) is 57.5 Å². The highest BCUT2D eigenvalue weighted by atomic mass is 16.4. The van der Waals surface area contributed by atoms with Crippen LogP contribution in [0.3, 0.4) is 0 Å². The minimum absolute atomic E-state index is 0.0229. The maximum atomic E-state index is 11.9. The van der Waals surface area contributed by atoms with Crippen LogP contribution in [0.25, 0.3) is 10.8 Å². The molecular weight excluding hydrogens is 372 g/mol. The second kappa shape index (κ2) is 7.59. The van der Waals surface area contributed by atoms with E-state index in [0.717, 1.165) is 29.4 Å². The van der Waals surface area contributed by atoms with Gasteiger partial charge in [0.05, 0.1) is 0 Å². The van der Waals surface area contributed by atoms with Crippen LogP contribution in [0, 0.1) is 10.8 Å². The van der Waals surface area contributed by atoms with Gasteiger partial charge in [-0.05, 0) is 63.1 Å². The van der Waals surface area contributed by atoms with Crippen LogP contribution in [0.4, 0.5) is 0 Å². The van der Waals surface area contributed by atoms with E-state index in [1.807, 2.05) is 6.07 Å². The van der Waals surface area contributed by atoms with Gasteiger partial charge in [0, 0.05) is 5.39 Å². The summed E-state index contributed by atoms with van der Waals surface area (Å²) in [5, 5.41) is 22.2. The molecule has 166 valence electrons. The number of aromatic carboxylic acids is 1. The van der Waals surface area contributed by atoms with Crippen LogP contribution in [0.1, 0.15) is 104 Å². The van der Waals surface area contributed by atoms with E-state index in [-0.39, 0.29) is 33.0 Å². The molecule has 0 aliphatic heterocycles. The third-order valence-electron chi connectivity index (χ3n) is 5.79. The monoisotopic (exact) mass is 412 g/mol. The Morgan fingerprint density at radius 1 is 0.767 bits per heavy atom. The number of rotatable bonds is 5. The quantitative estimate of drug-likeness (QED) is 0.529. The molecule has 0 amide bonds. The molecule has 0 unspecified atom stereocenters. The maximum absolute atomic E-state index is 11.9. The lowest BCUT2D eigenvalue weighted by molar-refractivity contribution is 0.0694. The lowest BCUT2D eigenvalue weighted by atomic mass is 9.69.